The number of ether oxygens (including phenoxy) is 1. The molecular weight excluding hydrogens is 306 g/mol. The van der Waals surface area contributed by atoms with Crippen molar-refractivity contribution in [3.8, 4) is 11.5 Å². The Morgan fingerprint density at radius 3 is 2.41 bits per heavy atom. The predicted molar refractivity (Wildman–Crippen MR) is 67.4 cm³/mol. The van der Waals surface area contributed by atoms with Crippen LogP contribution >= 0.6 is 0 Å². The number of hydrogen-bond acceptors (Lipinski definition) is 3. The number of hydrogen-bond donors (Lipinski definition) is 1. The Morgan fingerprint density at radius 1 is 1.18 bits per heavy atom. The maximum atomic E-state index is 12.9. The molecule has 0 amide bonds. The molecule has 0 aliphatic heterocycles. The number of nitrogens with zero attached hydrogens (tertiary/aromatic N) is 1. The molecule has 116 valence electrons. The molecule has 0 atom stereocenters. The quantitative estimate of drug-likeness (QED) is 0.686. The zero-order chi connectivity index (χ0) is 16.5. The summed E-state index contributed by atoms with van der Waals surface area (Å²) in [7, 11) is 0. The zero-order valence-corrected chi connectivity index (χ0v) is 11.1. The second kappa shape index (κ2) is 5.63. The lowest BCUT2D eigenvalue weighted by molar-refractivity contribution is -0.137. The molecule has 0 spiro atoms. The van der Waals surface area contributed by atoms with Crippen molar-refractivity contribution in [2.75, 3.05) is 0 Å². The minimum Gasteiger partial charge on any atom is -0.478 e. The summed E-state index contributed by atoms with van der Waals surface area (Å²) in [5.41, 5.74) is -1.43. The SMILES string of the molecule is Cc1nc(F)ccc1Oc1cc(C(F)(F)F)ccc1C(=O)O. The molecule has 1 heterocycles. The van der Waals surface area contributed by atoms with E-state index in [4.69, 9.17) is 9.84 Å². The Hall–Kier alpha value is -2.64. The third-order valence-corrected chi connectivity index (χ3v) is 2.76. The molecule has 4 nitrogen and oxygen atoms in total. The Morgan fingerprint density at radius 2 is 1.86 bits per heavy atom. The maximum Gasteiger partial charge on any atom is 0.416 e. The Balaban J connectivity index is 2.49. The van der Waals surface area contributed by atoms with Crippen LogP contribution in [0.1, 0.15) is 21.6 Å². The van der Waals surface area contributed by atoms with Crippen LogP contribution in [0, 0.1) is 12.9 Å². The number of aromatic nitrogens is 1. The summed E-state index contributed by atoms with van der Waals surface area (Å²) in [4.78, 5) is 14.5. The molecule has 0 bridgehead atoms. The normalized spacial score (nSPS) is 11.3. The van der Waals surface area contributed by atoms with Crippen LogP contribution in [0.25, 0.3) is 0 Å². The summed E-state index contributed by atoms with van der Waals surface area (Å²) < 4.78 is 56.2. The summed E-state index contributed by atoms with van der Waals surface area (Å²) >= 11 is 0. The number of aromatic carboxylic acids is 1. The van der Waals surface area contributed by atoms with E-state index in [0.29, 0.717) is 12.1 Å². The van der Waals surface area contributed by atoms with Gasteiger partial charge in [0.15, 0.2) is 0 Å². The predicted octanol–water partition coefficient (Wildman–Crippen LogP) is 4.04. The average Bonchev–Trinajstić information content (AvgIpc) is 2.40. The summed E-state index contributed by atoms with van der Waals surface area (Å²) in [6, 6.07) is 4.13. The van der Waals surface area contributed by atoms with E-state index in [9.17, 15) is 22.4 Å². The highest BCUT2D eigenvalue weighted by atomic mass is 19.4. The number of pyridine rings is 1. The molecule has 0 aliphatic carbocycles. The lowest BCUT2D eigenvalue weighted by Gasteiger charge is -2.13. The summed E-state index contributed by atoms with van der Waals surface area (Å²) in [5, 5.41) is 9.01. The lowest BCUT2D eigenvalue weighted by Crippen LogP contribution is -2.08. The molecule has 22 heavy (non-hydrogen) atoms. The first-order valence-electron chi connectivity index (χ1n) is 5.94. The Bertz CT molecular complexity index is 729. The number of carboxylic acids is 1. The van der Waals surface area contributed by atoms with Gasteiger partial charge in [0, 0.05) is 0 Å². The van der Waals surface area contributed by atoms with Gasteiger partial charge in [-0.25, -0.2) is 9.78 Å². The van der Waals surface area contributed by atoms with Crippen LogP contribution in [0.5, 0.6) is 11.5 Å². The van der Waals surface area contributed by atoms with Crippen LogP contribution in [0.3, 0.4) is 0 Å². The van der Waals surface area contributed by atoms with Gasteiger partial charge in [0.25, 0.3) is 0 Å². The van der Waals surface area contributed by atoms with Gasteiger partial charge in [0.05, 0.1) is 11.3 Å². The van der Waals surface area contributed by atoms with Crippen molar-refractivity contribution in [2.45, 2.75) is 13.1 Å². The monoisotopic (exact) mass is 315 g/mol. The van der Waals surface area contributed by atoms with Gasteiger partial charge >= 0.3 is 12.1 Å². The standard InChI is InChI=1S/C14H9F4NO3/c1-7-10(4-5-12(15)19-7)22-11-6-8(14(16,17)18)2-3-9(11)13(20)21/h2-6H,1H3,(H,20,21). The van der Waals surface area contributed by atoms with Crippen molar-refractivity contribution in [3.63, 3.8) is 0 Å². The molecule has 2 aromatic rings. The molecule has 0 fully saturated rings. The van der Waals surface area contributed by atoms with E-state index in [2.05, 4.69) is 4.98 Å². The van der Waals surface area contributed by atoms with Crippen molar-refractivity contribution in [2.24, 2.45) is 0 Å². The Labute approximate surface area is 122 Å². The molecule has 1 aromatic heterocycles. The number of carboxylic acid groups (broad SMARTS) is 1. The first-order chi connectivity index (χ1) is 10.2. The topological polar surface area (TPSA) is 59.4 Å². The lowest BCUT2D eigenvalue weighted by atomic mass is 10.1. The summed E-state index contributed by atoms with van der Waals surface area (Å²) in [6.07, 6.45) is -4.65. The van der Waals surface area contributed by atoms with Gasteiger partial charge in [-0.15, -0.1) is 0 Å². The van der Waals surface area contributed by atoms with E-state index in [1.165, 1.54) is 6.92 Å². The largest absolute Gasteiger partial charge is 0.478 e. The molecule has 2 rings (SSSR count). The maximum absolute atomic E-state index is 12.9. The van der Waals surface area contributed by atoms with Crippen LogP contribution in [0.15, 0.2) is 30.3 Å². The van der Waals surface area contributed by atoms with Crippen LogP contribution in [0.4, 0.5) is 17.6 Å². The molecule has 0 unspecified atom stereocenters. The van der Waals surface area contributed by atoms with E-state index in [0.717, 1.165) is 18.2 Å². The van der Waals surface area contributed by atoms with E-state index in [1.54, 1.807) is 0 Å². The number of alkyl halides is 3. The smallest absolute Gasteiger partial charge is 0.416 e. The average molecular weight is 315 g/mol. The fourth-order valence-electron chi connectivity index (χ4n) is 1.70. The Kier molecular flexibility index (Phi) is 4.03. The van der Waals surface area contributed by atoms with Crippen molar-refractivity contribution >= 4 is 5.97 Å². The number of aryl methyl sites for hydroxylation is 1. The molecular formula is C14H9F4NO3. The molecule has 0 saturated heterocycles. The highest BCUT2D eigenvalue weighted by molar-refractivity contribution is 5.91. The van der Waals surface area contributed by atoms with Crippen LogP contribution in [0.2, 0.25) is 0 Å². The summed E-state index contributed by atoms with van der Waals surface area (Å²) in [6.45, 7) is 1.38. The van der Waals surface area contributed by atoms with Crippen molar-refractivity contribution in [1.82, 2.24) is 4.98 Å². The van der Waals surface area contributed by atoms with E-state index in [-0.39, 0.29) is 11.4 Å². The van der Waals surface area contributed by atoms with E-state index < -0.39 is 35.0 Å². The fraction of sp³-hybridized carbons (Fsp3) is 0.143. The van der Waals surface area contributed by atoms with E-state index >= 15 is 0 Å². The number of benzene rings is 1. The van der Waals surface area contributed by atoms with Crippen molar-refractivity contribution < 1.29 is 32.2 Å². The van der Waals surface area contributed by atoms with E-state index in [1.807, 2.05) is 0 Å². The highest BCUT2D eigenvalue weighted by Crippen LogP contribution is 2.35. The fourth-order valence-corrected chi connectivity index (χ4v) is 1.70. The van der Waals surface area contributed by atoms with Crippen molar-refractivity contribution in [1.29, 1.82) is 0 Å². The van der Waals surface area contributed by atoms with Gasteiger partial charge in [0.1, 0.15) is 17.1 Å². The number of carbonyl (C=O) groups is 1. The third kappa shape index (κ3) is 3.33. The first kappa shape index (κ1) is 15.7. The van der Waals surface area contributed by atoms with Gasteiger partial charge in [-0.2, -0.15) is 17.6 Å². The van der Waals surface area contributed by atoms with Gasteiger partial charge in [-0.1, -0.05) is 0 Å². The van der Waals surface area contributed by atoms with Crippen LogP contribution in [-0.4, -0.2) is 16.1 Å². The van der Waals surface area contributed by atoms with Crippen LogP contribution < -0.4 is 4.74 Å². The molecule has 8 heteroatoms. The van der Waals surface area contributed by atoms with Gasteiger partial charge in [-0.05, 0) is 37.3 Å². The molecule has 1 N–H and O–H groups in total. The van der Waals surface area contributed by atoms with Gasteiger partial charge in [0.2, 0.25) is 5.95 Å². The second-order valence-corrected chi connectivity index (χ2v) is 4.33. The first-order valence-corrected chi connectivity index (χ1v) is 5.94. The molecule has 0 aliphatic rings. The summed E-state index contributed by atoms with van der Waals surface area (Å²) in [5.74, 6) is -2.77. The van der Waals surface area contributed by atoms with Crippen molar-refractivity contribution in [3.05, 3.63) is 53.1 Å². The van der Waals surface area contributed by atoms with Gasteiger partial charge < -0.3 is 9.84 Å². The molecule has 1 aromatic carbocycles. The zero-order valence-electron chi connectivity index (χ0n) is 11.1. The minimum absolute atomic E-state index is 0.0387. The number of halogens is 4. The molecule has 0 radical (unpaired) electrons. The van der Waals surface area contributed by atoms with Crippen LogP contribution in [-0.2, 0) is 6.18 Å². The second-order valence-electron chi connectivity index (χ2n) is 4.33. The third-order valence-electron chi connectivity index (χ3n) is 2.76. The van der Waals surface area contributed by atoms with Gasteiger partial charge in [-0.3, -0.25) is 0 Å². The molecule has 0 saturated carbocycles. The number of rotatable bonds is 3. The minimum atomic E-state index is -4.65. The highest BCUT2D eigenvalue weighted by Gasteiger charge is 2.32.